The van der Waals surface area contributed by atoms with Crippen LogP contribution in [0, 0.1) is 0 Å². The van der Waals surface area contributed by atoms with E-state index < -0.39 is 0 Å². The van der Waals surface area contributed by atoms with E-state index in [1.165, 1.54) is 24.9 Å². The van der Waals surface area contributed by atoms with Gasteiger partial charge in [-0.15, -0.1) is 0 Å². The van der Waals surface area contributed by atoms with E-state index in [4.69, 9.17) is 5.73 Å². The maximum absolute atomic E-state index is 12.4. The van der Waals surface area contributed by atoms with Crippen LogP contribution in [-0.4, -0.2) is 24.9 Å². The molecule has 0 aromatic heterocycles. The lowest BCUT2D eigenvalue weighted by atomic mass is 10.1. The van der Waals surface area contributed by atoms with Gasteiger partial charge in [0.1, 0.15) is 0 Å². The van der Waals surface area contributed by atoms with Crippen molar-refractivity contribution < 1.29 is 9.59 Å². The van der Waals surface area contributed by atoms with E-state index in [9.17, 15) is 9.59 Å². The molecule has 1 aliphatic heterocycles. The lowest BCUT2D eigenvalue weighted by Gasteiger charge is -2.28. The molecule has 1 heterocycles. The quantitative estimate of drug-likeness (QED) is 0.881. The molecular formula is C20H23N3O2. The number of rotatable bonds is 5. The van der Waals surface area contributed by atoms with Gasteiger partial charge in [0.2, 0.25) is 5.91 Å². The fraction of sp³-hybridized carbons (Fsp3) is 0.300. The largest absolute Gasteiger partial charge is 0.372 e. The van der Waals surface area contributed by atoms with Crippen molar-refractivity contribution in [1.82, 2.24) is 0 Å². The summed E-state index contributed by atoms with van der Waals surface area (Å²) in [5.74, 6) is -0.515. The van der Waals surface area contributed by atoms with Gasteiger partial charge < -0.3 is 16.0 Å². The van der Waals surface area contributed by atoms with E-state index in [2.05, 4.69) is 10.2 Å². The number of carbonyl (C=O) groups is 2. The number of benzene rings is 2. The van der Waals surface area contributed by atoms with E-state index in [-0.39, 0.29) is 18.2 Å². The topological polar surface area (TPSA) is 75.4 Å². The van der Waals surface area contributed by atoms with Gasteiger partial charge in [0.05, 0.1) is 6.42 Å². The van der Waals surface area contributed by atoms with E-state index in [0.29, 0.717) is 11.3 Å². The Hall–Kier alpha value is -2.82. The summed E-state index contributed by atoms with van der Waals surface area (Å²) >= 11 is 0. The zero-order chi connectivity index (χ0) is 17.6. The van der Waals surface area contributed by atoms with Crippen LogP contribution < -0.4 is 16.0 Å². The fourth-order valence-corrected chi connectivity index (χ4v) is 3.09. The van der Waals surface area contributed by atoms with Gasteiger partial charge in [0.15, 0.2) is 0 Å². The van der Waals surface area contributed by atoms with Crippen LogP contribution in [0.1, 0.15) is 35.2 Å². The molecule has 0 radical (unpaired) electrons. The van der Waals surface area contributed by atoms with Gasteiger partial charge >= 0.3 is 0 Å². The number of anilines is 2. The molecule has 0 aliphatic carbocycles. The maximum Gasteiger partial charge on any atom is 0.255 e. The molecule has 25 heavy (non-hydrogen) atoms. The van der Waals surface area contributed by atoms with Gasteiger partial charge in [0, 0.05) is 30.0 Å². The first-order valence-electron chi connectivity index (χ1n) is 8.65. The predicted molar refractivity (Wildman–Crippen MR) is 99.8 cm³/mol. The molecule has 5 heteroatoms. The second-order valence-electron chi connectivity index (χ2n) is 6.39. The molecule has 2 amide bonds. The van der Waals surface area contributed by atoms with Gasteiger partial charge in [-0.2, -0.15) is 0 Å². The first kappa shape index (κ1) is 17.0. The Balaban J connectivity index is 1.61. The lowest BCUT2D eigenvalue weighted by Crippen LogP contribution is -2.29. The van der Waals surface area contributed by atoms with Crippen molar-refractivity contribution in [2.45, 2.75) is 25.7 Å². The second kappa shape index (κ2) is 7.83. The van der Waals surface area contributed by atoms with Crippen molar-refractivity contribution in [3.05, 3.63) is 59.7 Å². The molecule has 1 aliphatic rings. The Morgan fingerprint density at radius 1 is 0.920 bits per heavy atom. The van der Waals surface area contributed by atoms with Crippen LogP contribution in [0.4, 0.5) is 11.4 Å². The van der Waals surface area contributed by atoms with Crippen molar-refractivity contribution in [1.29, 1.82) is 0 Å². The van der Waals surface area contributed by atoms with Crippen LogP contribution >= 0.6 is 0 Å². The Morgan fingerprint density at radius 2 is 1.56 bits per heavy atom. The molecule has 0 spiro atoms. The average Bonchev–Trinajstić information content (AvgIpc) is 2.64. The summed E-state index contributed by atoms with van der Waals surface area (Å²) in [5.41, 5.74) is 8.50. The van der Waals surface area contributed by atoms with Crippen LogP contribution in [0.15, 0.2) is 48.5 Å². The SMILES string of the molecule is NC(=O)Cc1ccc(NC(=O)c2ccc(N3CCCCC3)cc2)cc1. The smallest absolute Gasteiger partial charge is 0.255 e. The number of primary amides is 1. The van der Waals surface area contributed by atoms with Crippen molar-refractivity contribution in [3.8, 4) is 0 Å². The number of hydrogen-bond donors (Lipinski definition) is 2. The normalized spacial score (nSPS) is 14.2. The highest BCUT2D eigenvalue weighted by molar-refractivity contribution is 6.04. The average molecular weight is 337 g/mol. The standard InChI is InChI=1S/C20H23N3O2/c21-19(24)14-15-4-8-17(9-5-15)22-20(25)16-6-10-18(11-7-16)23-12-2-1-3-13-23/h4-11H,1-3,12-14H2,(H2,21,24)(H,22,25). The molecule has 3 rings (SSSR count). The van der Waals surface area contributed by atoms with Gasteiger partial charge in [-0.05, 0) is 61.2 Å². The van der Waals surface area contributed by atoms with Crippen molar-refractivity contribution in [2.75, 3.05) is 23.3 Å². The molecule has 0 bridgehead atoms. The summed E-state index contributed by atoms with van der Waals surface area (Å²) < 4.78 is 0. The third-order valence-corrected chi connectivity index (χ3v) is 4.44. The molecule has 0 saturated carbocycles. The number of nitrogens with two attached hydrogens (primary N) is 1. The summed E-state index contributed by atoms with van der Waals surface area (Å²) in [6.45, 7) is 2.17. The number of carbonyl (C=O) groups excluding carboxylic acids is 2. The van der Waals surface area contributed by atoms with Gasteiger partial charge in [0.25, 0.3) is 5.91 Å². The fourth-order valence-electron chi connectivity index (χ4n) is 3.09. The third-order valence-electron chi connectivity index (χ3n) is 4.44. The molecule has 3 N–H and O–H groups in total. The minimum atomic E-state index is -0.370. The highest BCUT2D eigenvalue weighted by atomic mass is 16.2. The van der Waals surface area contributed by atoms with E-state index in [1.54, 1.807) is 24.3 Å². The van der Waals surface area contributed by atoms with Crippen molar-refractivity contribution in [3.63, 3.8) is 0 Å². The number of hydrogen-bond acceptors (Lipinski definition) is 3. The van der Waals surface area contributed by atoms with Crippen molar-refractivity contribution >= 4 is 23.2 Å². The minimum absolute atomic E-state index is 0.146. The molecule has 5 nitrogen and oxygen atoms in total. The predicted octanol–water partition coefficient (Wildman–Crippen LogP) is 2.96. The number of nitrogens with zero attached hydrogens (tertiary/aromatic N) is 1. The zero-order valence-corrected chi connectivity index (χ0v) is 14.2. The number of amides is 2. The maximum atomic E-state index is 12.4. The third kappa shape index (κ3) is 4.59. The van der Waals surface area contributed by atoms with Gasteiger partial charge in [-0.3, -0.25) is 9.59 Å². The molecular weight excluding hydrogens is 314 g/mol. The van der Waals surface area contributed by atoms with E-state index in [0.717, 1.165) is 18.7 Å². The molecule has 0 atom stereocenters. The van der Waals surface area contributed by atoms with Crippen LogP contribution in [-0.2, 0) is 11.2 Å². The Labute approximate surface area is 147 Å². The summed E-state index contributed by atoms with van der Waals surface area (Å²) in [6, 6.07) is 14.9. The number of piperidine rings is 1. The van der Waals surface area contributed by atoms with Crippen LogP contribution in [0.2, 0.25) is 0 Å². The summed E-state index contributed by atoms with van der Waals surface area (Å²) in [5, 5.41) is 2.87. The molecule has 1 fully saturated rings. The molecule has 2 aromatic rings. The highest BCUT2D eigenvalue weighted by Gasteiger charge is 2.12. The number of nitrogens with one attached hydrogen (secondary N) is 1. The van der Waals surface area contributed by atoms with E-state index >= 15 is 0 Å². The lowest BCUT2D eigenvalue weighted by molar-refractivity contribution is -0.117. The van der Waals surface area contributed by atoms with Crippen LogP contribution in [0.5, 0.6) is 0 Å². The monoisotopic (exact) mass is 337 g/mol. The van der Waals surface area contributed by atoms with Gasteiger partial charge in [-0.25, -0.2) is 0 Å². The van der Waals surface area contributed by atoms with E-state index in [1.807, 2.05) is 24.3 Å². The van der Waals surface area contributed by atoms with Crippen LogP contribution in [0.3, 0.4) is 0 Å². The first-order chi connectivity index (χ1) is 12.1. The Bertz CT molecular complexity index is 733. The van der Waals surface area contributed by atoms with Crippen LogP contribution in [0.25, 0.3) is 0 Å². The Kier molecular flexibility index (Phi) is 5.33. The zero-order valence-electron chi connectivity index (χ0n) is 14.2. The Morgan fingerprint density at radius 3 is 2.16 bits per heavy atom. The minimum Gasteiger partial charge on any atom is -0.372 e. The highest BCUT2D eigenvalue weighted by Crippen LogP contribution is 2.20. The molecule has 2 aromatic carbocycles. The summed E-state index contributed by atoms with van der Waals surface area (Å²) in [4.78, 5) is 25.6. The second-order valence-corrected chi connectivity index (χ2v) is 6.39. The molecule has 1 saturated heterocycles. The first-order valence-corrected chi connectivity index (χ1v) is 8.65. The van der Waals surface area contributed by atoms with Gasteiger partial charge in [-0.1, -0.05) is 12.1 Å². The molecule has 130 valence electrons. The summed E-state index contributed by atoms with van der Waals surface area (Å²) in [7, 11) is 0. The summed E-state index contributed by atoms with van der Waals surface area (Å²) in [6.07, 6.45) is 3.96. The molecule has 0 unspecified atom stereocenters. The van der Waals surface area contributed by atoms with Crippen molar-refractivity contribution in [2.24, 2.45) is 5.73 Å².